The van der Waals surface area contributed by atoms with E-state index in [1.165, 1.54) is 6.07 Å². The average Bonchev–Trinajstić information content (AvgIpc) is 3.17. The van der Waals surface area contributed by atoms with Gasteiger partial charge in [-0.05, 0) is 30.3 Å². The van der Waals surface area contributed by atoms with Crippen molar-refractivity contribution in [3.8, 4) is 17.3 Å². The summed E-state index contributed by atoms with van der Waals surface area (Å²) in [5.74, 6) is -1.13. The zero-order valence-corrected chi connectivity index (χ0v) is 13.4. The van der Waals surface area contributed by atoms with Crippen LogP contribution in [-0.2, 0) is 0 Å². The number of halogens is 2. The number of nitrogens with zero attached hydrogens (tertiary/aromatic N) is 2. The number of amides is 2. The molecule has 9 heteroatoms. The number of nitrogens with one attached hydrogen (secondary N) is 2. The second kappa shape index (κ2) is 8.06. The third-order valence-corrected chi connectivity index (χ3v) is 3.23. The Morgan fingerprint density at radius 2 is 2.00 bits per heavy atom. The Bertz CT molecular complexity index is 870. The summed E-state index contributed by atoms with van der Waals surface area (Å²) < 4.78 is 36.4. The molecule has 0 atom stereocenters. The molecular formula is C17H14F2N4O3. The van der Waals surface area contributed by atoms with Crippen molar-refractivity contribution in [2.24, 2.45) is 0 Å². The molecule has 7 nitrogen and oxygen atoms in total. The number of hydrogen-bond acceptors (Lipinski definition) is 5. The van der Waals surface area contributed by atoms with E-state index in [4.69, 9.17) is 9.15 Å². The maximum Gasteiger partial charge on any atom is 0.319 e. The number of anilines is 1. The summed E-state index contributed by atoms with van der Waals surface area (Å²) in [5, 5.41) is 12.8. The van der Waals surface area contributed by atoms with Crippen LogP contribution in [0.15, 0.2) is 53.1 Å². The van der Waals surface area contributed by atoms with Gasteiger partial charge in [-0.2, -0.15) is 0 Å². The van der Waals surface area contributed by atoms with Crippen LogP contribution < -0.4 is 15.4 Å². The molecule has 0 bridgehead atoms. The van der Waals surface area contributed by atoms with Gasteiger partial charge in [0.05, 0.1) is 12.8 Å². The summed E-state index contributed by atoms with van der Waals surface area (Å²) in [6.07, 6.45) is 1.54. The summed E-state index contributed by atoms with van der Waals surface area (Å²) in [5.41, 5.74) is 0.716. The number of ether oxygens (including phenoxy) is 1. The zero-order chi connectivity index (χ0) is 18.4. The molecule has 0 fully saturated rings. The van der Waals surface area contributed by atoms with Gasteiger partial charge in [0, 0.05) is 17.8 Å². The molecule has 2 aromatic heterocycles. The minimum Gasteiger partial charge on any atom is -0.475 e. The van der Waals surface area contributed by atoms with Gasteiger partial charge in [0.1, 0.15) is 12.3 Å². The molecule has 0 radical (unpaired) electrons. The fraction of sp³-hybridized carbons (Fsp3) is 0.118. The van der Waals surface area contributed by atoms with Gasteiger partial charge in [0.2, 0.25) is 5.88 Å². The van der Waals surface area contributed by atoms with E-state index in [1.807, 2.05) is 0 Å². The standard InChI is InChI=1S/C17H14F2N4O3/c18-12-4-3-11(10-13(12)19)21-17(24)20-7-9-26-16-6-5-14(22-23-16)15-2-1-8-25-15/h1-6,8,10H,7,9H2,(H2,20,21,24). The van der Waals surface area contributed by atoms with Crippen molar-refractivity contribution in [2.45, 2.75) is 0 Å². The molecule has 2 heterocycles. The van der Waals surface area contributed by atoms with Crippen LogP contribution in [0.4, 0.5) is 19.3 Å². The molecular weight excluding hydrogens is 346 g/mol. The van der Waals surface area contributed by atoms with E-state index in [0.29, 0.717) is 17.3 Å². The van der Waals surface area contributed by atoms with Crippen LogP contribution in [0.25, 0.3) is 11.5 Å². The Morgan fingerprint density at radius 3 is 2.69 bits per heavy atom. The van der Waals surface area contributed by atoms with Crippen LogP contribution in [-0.4, -0.2) is 29.4 Å². The smallest absolute Gasteiger partial charge is 0.319 e. The van der Waals surface area contributed by atoms with E-state index in [2.05, 4.69) is 20.8 Å². The molecule has 2 amide bonds. The van der Waals surface area contributed by atoms with Crippen molar-refractivity contribution in [1.82, 2.24) is 15.5 Å². The third kappa shape index (κ3) is 4.53. The van der Waals surface area contributed by atoms with Crippen molar-refractivity contribution in [3.63, 3.8) is 0 Å². The monoisotopic (exact) mass is 360 g/mol. The average molecular weight is 360 g/mol. The minimum atomic E-state index is -1.04. The van der Waals surface area contributed by atoms with Gasteiger partial charge >= 0.3 is 6.03 Å². The van der Waals surface area contributed by atoms with Gasteiger partial charge in [-0.1, -0.05) is 0 Å². The summed E-state index contributed by atoms with van der Waals surface area (Å²) >= 11 is 0. The van der Waals surface area contributed by atoms with E-state index in [1.54, 1.807) is 30.5 Å². The SMILES string of the molecule is O=C(NCCOc1ccc(-c2ccco2)nn1)Nc1ccc(F)c(F)c1. The molecule has 0 saturated heterocycles. The highest BCUT2D eigenvalue weighted by atomic mass is 19.2. The lowest BCUT2D eigenvalue weighted by molar-refractivity contribution is 0.246. The maximum absolute atomic E-state index is 13.1. The number of aromatic nitrogens is 2. The van der Waals surface area contributed by atoms with E-state index >= 15 is 0 Å². The third-order valence-electron chi connectivity index (χ3n) is 3.23. The quantitative estimate of drug-likeness (QED) is 0.659. The molecule has 1 aromatic carbocycles. The molecule has 3 aromatic rings. The van der Waals surface area contributed by atoms with Crippen molar-refractivity contribution in [3.05, 3.63) is 60.4 Å². The minimum absolute atomic E-state index is 0.140. The highest BCUT2D eigenvalue weighted by Crippen LogP contribution is 2.17. The molecule has 0 spiro atoms. The van der Waals surface area contributed by atoms with Gasteiger partial charge in [0.25, 0.3) is 0 Å². The molecule has 0 aliphatic carbocycles. The normalized spacial score (nSPS) is 10.4. The molecule has 0 aliphatic heterocycles. The number of urea groups is 1. The Hall–Kier alpha value is -3.49. The van der Waals surface area contributed by atoms with Gasteiger partial charge in [-0.15, -0.1) is 10.2 Å². The Labute approximate surface area is 147 Å². The van der Waals surface area contributed by atoms with Crippen molar-refractivity contribution in [2.75, 3.05) is 18.5 Å². The molecule has 2 N–H and O–H groups in total. The topological polar surface area (TPSA) is 89.3 Å². The first-order valence-electron chi connectivity index (χ1n) is 7.62. The van der Waals surface area contributed by atoms with Gasteiger partial charge in [-0.3, -0.25) is 0 Å². The van der Waals surface area contributed by atoms with Crippen LogP contribution in [0.3, 0.4) is 0 Å². The highest BCUT2D eigenvalue weighted by molar-refractivity contribution is 5.89. The van der Waals surface area contributed by atoms with Crippen molar-refractivity contribution in [1.29, 1.82) is 0 Å². The van der Waals surface area contributed by atoms with E-state index in [9.17, 15) is 13.6 Å². The van der Waals surface area contributed by atoms with Crippen LogP contribution in [0, 0.1) is 11.6 Å². The fourth-order valence-electron chi connectivity index (χ4n) is 2.02. The lowest BCUT2D eigenvalue weighted by Gasteiger charge is -2.08. The molecule has 0 saturated carbocycles. The number of benzene rings is 1. The van der Waals surface area contributed by atoms with E-state index in [-0.39, 0.29) is 18.8 Å². The molecule has 0 unspecified atom stereocenters. The largest absolute Gasteiger partial charge is 0.475 e. The second-order valence-corrected chi connectivity index (χ2v) is 5.09. The van der Waals surface area contributed by atoms with Crippen LogP contribution in [0.5, 0.6) is 5.88 Å². The van der Waals surface area contributed by atoms with Gasteiger partial charge in [0.15, 0.2) is 17.4 Å². The predicted octanol–water partition coefficient (Wildman–Crippen LogP) is 3.22. The summed E-state index contributed by atoms with van der Waals surface area (Å²) in [4.78, 5) is 11.7. The van der Waals surface area contributed by atoms with E-state index in [0.717, 1.165) is 12.1 Å². The summed E-state index contributed by atoms with van der Waals surface area (Å²) in [6, 6.07) is 9.35. The molecule has 3 rings (SSSR count). The summed E-state index contributed by atoms with van der Waals surface area (Å²) in [6.45, 7) is 0.330. The Kier molecular flexibility index (Phi) is 5.37. The molecule has 0 aliphatic rings. The number of carbonyl (C=O) groups excluding carboxylic acids is 1. The predicted molar refractivity (Wildman–Crippen MR) is 88.6 cm³/mol. The number of hydrogen-bond donors (Lipinski definition) is 2. The van der Waals surface area contributed by atoms with Crippen molar-refractivity contribution < 1.29 is 22.7 Å². The first-order chi connectivity index (χ1) is 12.6. The van der Waals surface area contributed by atoms with Crippen LogP contribution in [0.1, 0.15) is 0 Å². The Balaban J connectivity index is 1.40. The maximum atomic E-state index is 13.1. The van der Waals surface area contributed by atoms with Crippen LogP contribution in [0.2, 0.25) is 0 Å². The molecule has 26 heavy (non-hydrogen) atoms. The zero-order valence-electron chi connectivity index (χ0n) is 13.4. The summed E-state index contributed by atoms with van der Waals surface area (Å²) in [7, 11) is 0. The number of furan rings is 1. The lowest BCUT2D eigenvalue weighted by atomic mass is 10.3. The van der Waals surface area contributed by atoms with Gasteiger partial charge < -0.3 is 19.8 Å². The van der Waals surface area contributed by atoms with Crippen LogP contribution >= 0.6 is 0 Å². The highest BCUT2D eigenvalue weighted by Gasteiger charge is 2.06. The second-order valence-electron chi connectivity index (χ2n) is 5.09. The van der Waals surface area contributed by atoms with E-state index < -0.39 is 17.7 Å². The lowest BCUT2D eigenvalue weighted by Crippen LogP contribution is -2.32. The number of rotatable bonds is 6. The number of carbonyl (C=O) groups is 1. The van der Waals surface area contributed by atoms with Gasteiger partial charge in [-0.25, -0.2) is 13.6 Å². The first-order valence-corrected chi connectivity index (χ1v) is 7.62. The fourth-order valence-corrected chi connectivity index (χ4v) is 2.02. The van der Waals surface area contributed by atoms with Crippen molar-refractivity contribution >= 4 is 11.7 Å². The first kappa shape index (κ1) is 17.3. The Morgan fingerprint density at radius 1 is 1.12 bits per heavy atom. The molecule has 134 valence electrons.